The Morgan fingerprint density at radius 3 is 2.55 bits per heavy atom. The lowest BCUT2D eigenvalue weighted by Crippen LogP contribution is -2.21. The van der Waals surface area contributed by atoms with Crippen LogP contribution in [0.5, 0.6) is 17.4 Å². The maximum Gasteiger partial charge on any atom is 0.244 e. The molecule has 7 nitrogen and oxygen atoms in total. The van der Waals surface area contributed by atoms with Crippen LogP contribution >= 0.6 is 0 Å². The van der Waals surface area contributed by atoms with Crippen molar-refractivity contribution < 1.29 is 14.2 Å². The molecule has 3 aromatic rings. The second-order valence-corrected chi connectivity index (χ2v) is 6.72. The highest BCUT2D eigenvalue weighted by Crippen LogP contribution is 2.47. The van der Waals surface area contributed by atoms with Crippen molar-refractivity contribution in [2.24, 2.45) is 5.73 Å². The van der Waals surface area contributed by atoms with Gasteiger partial charge in [0.05, 0.1) is 31.4 Å². The first-order valence-electron chi connectivity index (χ1n) is 9.02. The Kier molecular flexibility index (Phi) is 4.61. The van der Waals surface area contributed by atoms with Gasteiger partial charge in [0.2, 0.25) is 11.8 Å². The van der Waals surface area contributed by atoms with E-state index in [2.05, 4.69) is 16.3 Å². The van der Waals surface area contributed by atoms with E-state index in [9.17, 15) is 5.26 Å². The number of fused-ring (bicyclic) bond motifs is 1. The Balaban J connectivity index is 1.97. The summed E-state index contributed by atoms with van der Waals surface area (Å²) in [5.41, 5.74) is 10.6. The summed E-state index contributed by atoms with van der Waals surface area (Å²) in [6.45, 7) is 2.01. The number of nitriles is 1. The monoisotopic (exact) mass is 388 g/mol. The van der Waals surface area contributed by atoms with Crippen molar-refractivity contribution in [1.29, 1.82) is 5.26 Å². The van der Waals surface area contributed by atoms with E-state index in [0.717, 1.165) is 22.3 Å². The molecule has 1 aliphatic rings. The SMILES string of the molecule is COc1ccc(OC)c(-c2[nH]nc3c2[C@H](c2ccc(C)cc2)C(C#N)=C(N)O3)c1. The fourth-order valence-corrected chi connectivity index (χ4v) is 3.55. The molecule has 146 valence electrons. The molecule has 29 heavy (non-hydrogen) atoms. The first-order valence-corrected chi connectivity index (χ1v) is 9.02. The van der Waals surface area contributed by atoms with Crippen molar-refractivity contribution in [3.05, 3.63) is 70.6 Å². The van der Waals surface area contributed by atoms with Crippen molar-refractivity contribution in [2.75, 3.05) is 14.2 Å². The largest absolute Gasteiger partial charge is 0.497 e. The Morgan fingerprint density at radius 2 is 1.90 bits per heavy atom. The van der Waals surface area contributed by atoms with E-state index >= 15 is 0 Å². The number of methoxy groups -OCH3 is 2. The van der Waals surface area contributed by atoms with Crippen LogP contribution in [0.25, 0.3) is 11.3 Å². The summed E-state index contributed by atoms with van der Waals surface area (Å²) in [5.74, 6) is 1.28. The van der Waals surface area contributed by atoms with E-state index in [4.69, 9.17) is 19.9 Å². The second kappa shape index (κ2) is 7.24. The number of hydrogen-bond donors (Lipinski definition) is 2. The molecule has 0 aliphatic carbocycles. The van der Waals surface area contributed by atoms with Crippen LogP contribution in [0, 0.1) is 18.3 Å². The number of aryl methyl sites for hydroxylation is 1. The predicted molar refractivity (Wildman–Crippen MR) is 108 cm³/mol. The van der Waals surface area contributed by atoms with Crippen LogP contribution in [0.3, 0.4) is 0 Å². The highest BCUT2D eigenvalue weighted by molar-refractivity contribution is 5.76. The topological polar surface area (TPSA) is 106 Å². The zero-order valence-corrected chi connectivity index (χ0v) is 16.3. The Bertz CT molecular complexity index is 1140. The average molecular weight is 388 g/mol. The van der Waals surface area contributed by atoms with Gasteiger partial charge in [-0.2, -0.15) is 5.26 Å². The zero-order chi connectivity index (χ0) is 20.5. The van der Waals surface area contributed by atoms with Crippen LogP contribution in [-0.2, 0) is 0 Å². The van der Waals surface area contributed by atoms with E-state index < -0.39 is 5.92 Å². The summed E-state index contributed by atoms with van der Waals surface area (Å²) in [4.78, 5) is 0. The summed E-state index contributed by atoms with van der Waals surface area (Å²) in [7, 11) is 3.20. The third-order valence-corrected chi connectivity index (χ3v) is 5.03. The van der Waals surface area contributed by atoms with Crippen molar-refractivity contribution in [1.82, 2.24) is 10.2 Å². The first kappa shape index (κ1) is 18.4. The van der Waals surface area contributed by atoms with Gasteiger partial charge in [0, 0.05) is 5.56 Å². The summed E-state index contributed by atoms with van der Waals surface area (Å²) in [6.07, 6.45) is 0. The number of aromatic nitrogens is 2. The molecular formula is C22H20N4O3. The molecule has 2 heterocycles. The molecule has 2 aromatic carbocycles. The molecular weight excluding hydrogens is 368 g/mol. The Hall–Kier alpha value is -3.92. The lowest BCUT2D eigenvalue weighted by molar-refractivity contribution is 0.379. The number of hydrogen-bond acceptors (Lipinski definition) is 6. The molecule has 0 saturated heterocycles. The molecule has 0 spiro atoms. The molecule has 4 rings (SSSR count). The normalized spacial score (nSPS) is 15.3. The van der Waals surface area contributed by atoms with Crippen LogP contribution in [0.15, 0.2) is 53.9 Å². The molecule has 1 atom stereocenters. The van der Waals surface area contributed by atoms with Crippen molar-refractivity contribution in [3.63, 3.8) is 0 Å². The highest BCUT2D eigenvalue weighted by atomic mass is 16.5. The molecule has 0 bridgehead atoms. The molecule has 1 aromatic heterocycles. The van der Waals surface area contributed by atoms with Gasteiger partial charge in [0.1, 0.15) is 23.1 Å². The van der Waals surface area contributed by atoms with E-state index in [1.807, 2.05) is 49.4 Å². The third kappa shape index (κ3) is 3.05. The molecule has 0 unspecified atom stereocenters. The van der Waals surface area contributed by atoms with Crippen molar-refractivity contribution in [3.8, 4) is 34.7 Å². The number of nitrogens with zero attached hydrogens (tertiary/aromatic N) is 2. The smallest absolute Gasteiger partial charge is 0.244 e. The number of nitrogens with two attached hydrogens (primary N) is 1. The van der Waals surface area contributed by atoms with Crippen LogP contribution in [0.2, 0.25) is 0 Å². The maximum atomic E-state index is 9.81. The van der Waals surface area contributed by atoms with Crippen LogP contribution in [0.1, 0.15) is 22.6 Å². The number of H-pyrrole nitrogens is 1. The second-order valence-electron chi connectivity index (χ2n) is 6.72. The van der Waals surface area contributed by atoms with Crippen LogP contribution in [0.4, 0.5) is 0 Å². The van der Waals surface area contributed by atoms with Crippen molar-refractivity contribution in [2.45, 2.75) is 12.8 Å². The van der Waals surface area contributed by atoms with E-state index in [1.54, 1.807) is 14.2 Å². The Labute approximate surface area is 168 Å². The quantitative estimate of drug-likeness (QED) is 0.707. The average Bonchev–Trinajstić information content (AvgIpc) is 3.16. The van der Waals surface area contributed by atoms with E-state index in [0.29, 0.717) is 28.6 Å². The predicted octanol–water partition coefficient (Wildman–Crippen LogP) is 3.62. The number of nitrogens with one attached hydrogen (secondary N) is 1. The number of allylic oxidation sites excluding steroid dienone is 1. The lowest BCUT2D eigenvalue weighted by Gasteiger charge is -2.24. The van der Waals surface area contributed by atoms with Gasteiger partial charge in [-0.3, -0.25) is 5.10 Å². The molecule has 0 amide bonds. The summed E-state index contributed by atoms with van der Waals surface area (Å²) in [6, 6.07) is 15.7. The van der Waals surface area contributed by atoms with Crippen molar-refractivity contribution >= 4 is 0 Å². The van der Waals surface area contributed by atoms with E-state index in [1.165, 1.54) is 0 Å². The maximum absolute atomic E-state index is 9.81. The van der Waals surface area contributed by atoms with E-state index in [-0.39, 0.29) is 5.88 Å². The minimum Gasteiger partial charge on any atom is -0.497 e. The standard InChI is InChI=1S/C22H20N4O3/c1-12-4-6-13(7-5-12)18-16(11-23)21(24)29-22-19(18)20(25-26-22)15-10-14(27-2)8-9-17(15)28-3/h4-10,18H,24H2,1-3H3,(H,25,26)/t18-/m1/s1. The first-order chi connectivity index (χ1) is 14.1. The highest BCUT2D eigenvalue weighted by Gasteiger charge is 2.36. The third-order valence-electron chi connectivity index (χ3n) is 5.03. The van der Waals surface area contributed by atoms with Crippen LogP contribution in [-0.4, -0.2) is 24.4 Å². The fourth-order valence-electron chi connectivity index (χ4n) is 3.55. The molecule has 3 N–H and O–H groups in total. The molecule has 1 aliphatic heterocycles. The van der Waals surface area contributed by atoms with Gasteiger partial charge in [0.25, 0.3) is 0 Å². The van der Waals surface area contributed by atoms with Gasteiger partial charge >= 0.3 is 0 Å². The van der Waals surface area contributed by atoms with Gasteiger partial charge in [-0.25, -0.2) is 0 Å². The number of rotatable bonds is 4. The molecule has 0 saturated carbocycles. The molecule has 7 heteroatoms. The molecule has 0 fully saturated rings. The number of ether oxygens (including phenoxy) is 3. The summed E-state index contributed by atoms with van der Waals surface area (Å²) in [5, 5.41) is 17.2. The minimum absolute atomic E-state index is 0.0567. The van der Waals surface area contributed by atoms with Gasteiger partial charge in [-0.05, 0) is 30.7 Å². The Morgan fingerprint density at radius 1 is 1.14 bits per heavy atom. The summed E-state index contributed by atoms with van der Waals surface area (Å²) >= 11 is 0. The zero-order valence-electron chi connectivity index (χ0n) is 16.3. The van der Waals surface area contributed by atoms with Crippen LogP contribution < -0.4 is 19.9 Å². The van der Waals surface area contributed by atoms with Gasteiger partial charge in [-0.15, -0.1) is 5.10 Å². The summed E-state index contributed by atoms with van der Waals surface area (Å²) < 4.78 is 16.6. The van der Waals surface area contributed by atoms with Gasteiger partial charge < -0.3 is 19.9 Å². The minimum atomic E-state index is -0.422. The lowest BCUT2D eigenvalue weighted by atomic mass is 9.82. The number of benzene rings is 2. The fraction of sp³-hybridized carbons (Fsp3) is 0.182. The molecule has 0 radical (unpaired) electrons. The number of aromatic amines is 1. The van der Waals surface area contributed by atoms with Gasteiger partial charge in [-0.1, -0.05) is 29.8 Å². The van der Waals surface area contributed by atoms with Gasteiger partial charge in [0.15, 0.2) is 0 Å².